The van der Waals surface area contributed by atoms with Crippen LogP contribution in [0.5, 0.6) is 0 Å². The normalized spacial score (nSPS) is 25.8. The number of likely N-dealkylation sites (tertiary alicyclic amines) is 1. The molecule has 1 atom stereocenters. The van der Waals surface area contributed by atoms with Crippen molar-refractivity contribution in [2.24, 2.45) is 5.92 Å². The van der Waals surface area contributed by atoms with E-state index < -0.39 is 0 Å². The van der Waals surface area contributed by atoms with Crippen molar-refractivity contribution < 1.29 is 4.79 Å². The second kappa shape index (κ2) is 5.91. The highest BCUT2D eigenvalue weighted by atomic mass is 16.2. The number of rotatable bonds is 3. The van der Waals surface area contributed by atoms with Crippen LogP contribution in [0.2, 0.25) is 0 Å². The van der Waals surface area contributed by atoms with Crippen LogP contribution in [0.1, 0.15) is 31.5 Å². The first-order valence-corrected chi connectivity index (χ1v) is 8.56. The zero-order valence-electron chi connectivity index (χ0n) is 13.1. The Morgan fingerprint density at radius 2 is 2.09 bits per heavy atom. The van der Waals surface area contributed by atoms with Gasteiger partial charge in [-0.05, 0) is 38.8 Å². The van der Waals surface area contributed by atoms with E-state index in [-0.39, 0.29) is 6.03 Å². The molecule has 0 aromatic carbocycles. The molecule has 2 aliphatic heterocycles. The average Bonchev–Trinajstić information content (AvgIpc) is 3.03. The van der Waals surface area contributed by atoms with Crippen molar-refractivity contribution in [1.82, 2.24) is 24.7 Å². The lowest BCUT2D eigenvalue weighted by Crippen LogP contribution is -2.44. The van der Waals surface area contributed by atoms with Gasteiger partial charge < -0.3 is 19.7 Å². The number of hydrogen-bond donors (Lipinski definition) is 1. The molecule has 3 heterocycles. The van der Waals surface area contributed by atoms with Crippen LogP contribution < -0.4 is 5.32 Å². The smallest absolute Gasteiger partial charge is 0.318 e. The van der Waals surface area contributed by atoms with Crippen LogP contribution >= 0.6 is 0 Å². The Balaban J connectivity index is 1.47. The zero-order valence-corrected chi connectivity index (χ0v) is 13.1. The highest BCUT2D eigenvalue weighted by Crippen LogP contribution is 2.22. The Labute approximate surface area is 131 Å². The van der Waals surface area contributed by atoms with Gasteiger partial charge in [0, 0.05) is 44.0 Å². The van der Waals surface area contributed by atoms with Crippen molar-refractivity contribution >= 4 is 6.03 Å². The molecule has 0 unspecified atom stereocenters. The van der Waals surface area contributed by atoms with Crippen molar-refractivity contribution in [3.05, 3.63) is 18.2 Å². The van der Waals surface area contributed by atoms with Crippen molar-refractivity contribution in [3.63, 3.8) is 0 Å². The van der Waals surface area contributed by atoms with Crippen molar-refractivity contribution in [1.29, 1.82) is 0 Å². The summed E-state index contributed by atoms with van der Waals surface area (Å²) in [5.41, 5.74) is 0. The molecule has 2 fully saturated rings. The minimum absolute atomic E-state index is 0.0883. The summed E-state index contributed by atoms with van der Waals surface area (Å²) in [5.74, 6) is 1.49. The van der Waals surface area contributed by atoms with E-state index in [1.54, 1.807) is 0 Å². The van der Waals surface area contributed by atoms with Crippen molar-refractivity contribution in [2.75, 3.05) is 26.2 Å². The van der Waals surface area contributed by atoms with Gasteiger partial charge in [-0.25, -0.2) is 9.78 Å². The minimum Gasteiger partial charge on any atom is -0.335 e. The van der Waals surface area contributed by atoms with Gasteiger partial charge in [0.2, 0.25) is 0 Å². The Hall–Kier alpha value is -1.56. The highest BCUT2D eigenvalue weighted by Gasteiger charge is 2.30. The lowest BCUT2D eigenvalue weighted by molar-refractivity contribution is 0.173. The Kier molecular flexibility index (Phi) is 3.78. The van der Waals surface area contributed by atoms with E-state index in [0.29, 0.717) is 18.5 Å². The first kappa shape index (κ1) is 14.1. The summed E-state index contributed by atoms with van der Waals surface area (Å²) >= 11 is 0. The lowest BCUT2D eigenvalue weighted by Gasteiger charge is -2.27. The standard InChI is InChI=1S/C16H25N5O/c22-16(18-14-3-4-14)21-11-13(9-19-6-1-2-7-19)10-20-8-5-17-15(20)12-21/h5,8,13-14H,1-4,6-7,9-12H2,(H,18,22)/t13-/m1/s1. The first-order chi connectivity index (χ1) is 10.8. The molecule has 4 rings (SSSR count). The number of fused-ring (bicyclic) bond motifs is 1. The molecule has 0 radical (unpaired) electrons. The summed E-state index contributed by atoms with van der Waals surface area (Å²) in [7, 11) is 0. The summed E-state index contributed by atoms with van der Waals surface area (Å²) < 4.78 is 2.23. The lowest BCUT2D eigenvalue weighted by atomic mass is 10.1. The second-order valence-corrected chi connectivity index (χ2v) is 6.97. The fourth-order valence-electron chi connectivity index (χ4n) is 3.63. The molecule has 1 aromatic rings. The van der Waals surface area contributed by atoms with Crippen LogP contribution in [-0.2, 0) is 13.1 Å². The highest BCUT2D eigenvalue weighted by molar-refractivity contribution is 5.74. The number of carbonyl (C=O) groups excluding carboxylic acids is 1. The van der Waals surface area contributed by atoms with E-state index in [1.807, 2.05) is 11.1 Å². The maximum atomic E-state index is 12.5. The Bertz CT molecular complexity index is 532. The van der Waals surface area contributed by atoms with Crippen LogP contribution in [0.4, 0.5) is 4.79 Å². The van der Waals surface area contributed by atoms with Gasteiger partial charge in [0.05, 0.1) is 6.54 Å². The van der Waals surface area contributed by atoms with E-state index in [9.17, 15) is 4.79 Å². The number of urea groups is 1. The molecular formula is C16H25N5O. The molecule has 1 aliphatic carbocycles. The molecule has 6 nitrogen and oxygen atoms in total. The molecule has 6 heteroatoms. The minimum atomic E-state index is 0.0883. The van der Waals surface area contributed by atoms with Gasteiger partial charge in [0.15, 0.2) is 0 Å². The number of nitrogens with zero attached hydrogens (tertiary/aromatic N) is 4. The van der Waals surface area contributed by atoms with Crippen LogP contribution in [0, 0.1) is 5.92 Å². The Morgan fingerprint density at radius 1 is 1.27 bits per heavy atom. The predicted octanol–water partition coefficient (Wildman–Crippen LogP) is 1.28. The summed E-state index contributed by atoms with van der Waals surface area (Å²) in [6.45, 7) is 5.94. The number of imidazole rings is 1. The number of aromatic nitrogens is 2. The molecule has 22 heavy (non-hydrogen) atoms. The van der Waals surface area contributed by atoms with Gasteiger partial charge >= 0.3 is 6.03 Å². The largest absolute Gasteiger partial charge is 0.335 e. The second-order valence-electron chi connectivity index (χ2n) is 6.97. The summed E-state index contributed by atoms with van der Waals surface area (Å²) in [4.78, 5) is 21.4. The van der Waals surface area contributed by atoms with Gasteiger partial charge in [-0.3, -0.25) is 0 Å². The third-order valence-electron chi connectivity index (χ3n) is 4.97. The third-order valence-corrected chi connectivity index (χ3v) is 4.97. The molecule has 1 saturated heterocycles. The molecule has 2 amide bonds. The van der Waals surface area contributed by atoms with E-state index in [2.05, 4.69) is 26.0 Å². The molecule has 120 valence electrons. The van der Waals surface area contributed by atoms with Crippen LogP contribution in [0.25, 0.3) is 0 Å². The third kappa shape index (κ3) is 3.11. The van der Waals surface area contributed by atoms with Gasteiger partial charge in [-0.15, -0.1) is 0 Å². The number of hydrogen-bond acceptors (Lipinski definition) is 3. The summed E-state index contributed by atoms with van der Waals surface area (Å²) in [6, 6.07) is 0.498. The fraction of sp³-hybridized carbons (Fsp3) is 0.750. The molecule has 1 N–H and O–H groups in total. The summed E-state index contributed by atoms with van der Waals surface area (Å²) in [6.07, 6.45) is 8.79. The SMILES string of the molecule is O=C(NC1CC1)N1Cc2nccn2C[C@@H](CN2CCCC2)C1. The molecule has 3 aliphatic rings. The van der Waals surface area contributed by atoms with E-state index in [0.717, 1.165) is 38.3 Å². The maximum absolute atomic E-state index is 12.5. The van der Waals surface area contributed by atoms with Crippen LogP contribution in [0.3, 0.4) is 0 Å². The fourth-order valence-corrected chi connectivity index (χ4v) is 3.63. The predicted molar refractivity (Wildman–Crippen MR) is 83.4 cm³/mol. The summed E-state index contributed by atoms with van der Waals surface area (Å²) in [5, 5.41) is 3.12. The number of amides is 2. The van der Waals surface area contributed by atoms with Gasteiger partial charge in [-0.2, -0.15) is 0 Å². The van der Waals surface area contributed by atoms with Crippen LogP contribution in [-0.4, -0.2) is 57.6 Å². The first-order valence-electron chi connectivity index (χ1n) is 8.56. The number of nitrogens with one attached hydrogen (secondary N) is 1. The molecule has 0 spiro atoms. The van der Waals surface area contributed by atoms with E-state index in [4.69, 9.17) is 0 Å². The van der Waals surface area contributed by atoms with E-state index >= 15 is 0 Å². The maximum Gasteiger partial charge on any atom is 0.318 e. The van der Waals surface area contributed by atoms with Gasteiger partial charge in [0.1, 0.15) is 5.82 Å². The molecule has 1 saturated carbocycles. The molecular weight excluding hydrogens is 278 g/mol. The molecule has 0 bridgehead atoms. The topological polar surface area (TPSA) is 53.4 Å². The van der Waals surface area contributed by atoms with Crippen molar-refractivity contribution in [3.8, 4) is 0 Å². The molecule has 1 aromatic heterocycles. The van der Waals surface area contributed by atoms with E-state index in [1.165, 1.54) is 25.9 Å². The zero-order chi connectivity index (χ0) is 14.9. The van der Waals surface area contributed by atoms with Crippen LogP contribution in [0.15, 0.2) is 12.4 Å². The average molecular weight is 303 g/mol. The van der Waals surface area contributed by atoms with Gasteiger partial charge in [-0.1, -0.05) is 0 Å². The Morgan fingerprint density at radius 3 is 2.86 bits per heavy atom. The number of carbonyl (C=O) groups is 1. The van der Waals surface area contributed by atoms with Crippen molar-refractivity contribution in [2.45, 2.75) is 44.8 Å². The quantitative estimate of drug-likeness (QED) is 0.915. The monoisotopic (exact) mass is 303 g/mol. The van der Waals surface area contributed by atoms with Gasteiger partial charge in [0.25, 0.3) is 0 Å².